The maximum atomic E-state index is 11.8. The number of hydrogen-bond donors (Lipinski definition) is 0. The molecule has 5 heteroatoms. The van der Waals surface area contributed by atoms with E-state index in [-0.39, 0.29) is 18.3 Å². The molecule has 1 aromatic rings. The fourth-order valence-electron chi connectivity index (χ4n) is 1.98. The Hall–Kier alpha value is -1.39. The second-order valence-corrected chi connectivity index (χ2v) is 4.98. The summed E-state index contributed by atoms with van der Waals surface area (Å²) in [4.78, 5) is 24.6. The highest BCUT2D eigenvalue weighted by molar-refractivity contribution is 6.30. The third kappa shape index (κ3) is 4.33. The maximum absolute atomic E-state index is 11.8. The second-order valence-electron chi connectivity index (χ2n) is 4.54. The summed E-state index contributed by atoms with van der Waals surface area (Å²) in [5.74, 6) is 0.165. The van der Waals surface area contributed by atoms with Gasteiger partial charge < -0.3 is 9.64 Å². The number of ether oxygens (including phenoxy) is 1. The molecule has 0 unspecified atom stereocenters. The fraction of sp³-hybridized carbons (Fsp3) is 0.429. The van der Waals surface area contributed by atoms with Crippen LogP contribution in [0.1, 0.15) is 18.4 Å². The van der Waals surface area contributed by atoms with Crippen LogP contribution in [0.15, 0.2) is 24.3 Å². The smallest absolute Gasteiger partial charge is 0.248 e. The Kier molecular flexibility index (Phi) is 4.93. The summed E-state index contributed by atoms with van der Waals surface area (Å²) in [6, 6.07) is 7.35. The topological polar surface area (TPSA) is 46.6 Å². The van der Waals surface area contributed by atoms with Gasteiger partial charge >= 0.3 is 0 Å². The Morgan fingerprint density at radius 1 is 1.32 bits per heavy atom. The zero-order valence-electron chi connectivity index (χ0n) is 10.6. The van der Waals surface area contributed by atoms with Crippen LogP contribution in [0.4, 0.5) is 0 Å². The summed E-state index contributed by atoms with van der Waals surface area (Å²) >= 11 is 5.86. The van der Waals surface area contributed by atoms with Gasteiger partial charge in [-0.2, -0.15) is 0 Å². The Labute approximate surface area is 117 Å². The van der Waals surface area contributed by atoms with Gasteiger partial charge in [0.15, 0.2) is 0 Å². The predicted octanol–water partition coefficient (Wildman–Crippen LogP) is 2.05. The highest BCUT2D eigenvalue weighted by Crippen LogP contribution is 2.12. The average Bonchev–Trinajstić information content (AvgIpc) is 2.39. The van der Waals surface area contributed by atoms with Crippen molar-refractivity contribution in [2.24, 2.45) is 0 Å². The molecule has 4 nitrogen and oxygen atoms in total. The molecule has 1 fully saturated rings. The molecule has 1 heterocycles. The number of Topliss-reactive ketones (excluding diaryl/α,β-unsaturated/α-hetero) is 1. The molecular formula is C14H16ClNO3. The maximum Gasteiger partial charge on any atom is 0.248 e. The molecule has 1 saturated heterocycles. The van der Waals surface area contributed by atoms with Crippen molar-refractivity contribution in [1.29, 1.82) is 0 Å². The number of carbonyl (C=O) groups excluding carboxylic acids is 2. The molecule has 19 heavy (non-hydrogen) atoms. The minimum atomic E-state index is -0.0606. The largest absolute Gasteiger partial charge is 0.367 e. The Morgan fingerprint density at radius 2 is 2.05 bits per heavy atom. The summed E-state index contributed by atoms with van der Waals surface area (Å²) in [5, 5.41) is 0.655. The second kappa shape index (κ2) is 6.68. The molecule has 1 aliphatic rings. The van der Waals surface area contributed by atoms with Crippen LogP contribution in [0, 0.1) is 0 Å². The van der Waals surface area contributed by atoms with E-state index in [1.165, 1.54) is 0 Å². The SMILES string of the molecule is O=C1CCN(C(=O)COCc2cccc(Cl)c2)CC1. The fourth-order valence-corrected chi connectivity index (χ4v) is 2.19. The quantitative estimate of drug-likeness (QED) is 0.848. The van der Waals surface area contributed by atoms with Crippen molar-refractivity contribution in [3.8, 4) is 0 Å². The molecule has 0 bridgehead atoms. The van der Waals surface area contributed by atoms with Gasteiger partial charge in [-0.15, -0.1) is 0 Å². The third-order valence-electron chi connectivity index (χ3n) is 3.06. The van der Waals surface area contributed by atoms with E-state index in [1.807, 2.05) is 18.2 Å². The number of halogens is 1. The molecule has 0 aliphatic carbocycles. The van der Waals surface area contributed by atoms with Crippen molar-refractivity contribution in [1.82, 2.24) is 4.90 Å². The molecule has 2 rings (SSSR count). The first-order chi connectivity index (χ1) is 9.15. The van der Waals surface area contributed by atoms with Crippen molar-refractivity contribution >= 4 is 23.3 Å². The van der Waals surface area contributed by atoms with Gasteiger partial charge in [0.25, 0.3) is 0 Å². The normalized spacial score (nSPS) is 15.6. The molecule has 0 aromatic heterocycles. The van der Waals surface area contributed by atoms with Crippen molar-refractivity contribution in [2.45, 2.75) is 19.4 Å². The highest BCUT2D eigenvalue weighted by Gasteiger charge is 2.20. The number of ketones is 1. The van der Waals surface area contributed by atoms with Crippen molar-refractivity contribution < 1.29 is 14.3 Å². The van der Waals surface area contributed by atoms with Gasteiger partial charge in [-0.05, 0) is 17.7 Å². The lowest BCUT2D eigenvalue weighted by atomic mass is 10.1. The molecular weight excluding hydrogens is 266 g/mol. The van der Waals surface area contributed by atoms with Crippen LogP contribution < -0.4 is 0 Å². The standard InChI is InChI=1S/C14H16ClNO3/c15-12-3-1-2-11(8-12)9-19-10-14(18)16-6-4-13(17)5-7-16/h1-3,8H,4-7,9-10H2. The molecule has 0 spiro atoms. The van der Waals surface area contributed by atoms with Crippen molar-refractivity contribution in [2.75, 3.05) is 19.7 Å². The molecule has 102 valence electrons. The predicted molar refractivity (Wildman–Crippen MR) is 71.9 cm³/mol. The minimum absolute atomic E-state index is 0.0424. The average molecular weight is 282 g/mol. The van der Waals surface area contributed by atoms with Crippen LogP contribution in [0.25, 0.3) is 0 Å². The van der Waals surface area contributed by atoms with E-state index in [0.29, 0.717) is 37.6 Å². The molecule has 1 aliphatic heterocycles. The van der Waals surface area contributed by atoms with Gasteiger partial charge in [0.1, 0.15) is 12.4 Å². The monoisotopic (exact) mass is 281 g/mol. The van der Waals surface area contributed by atoms with Crippen LogP contribution in [0.3, 0.4) is 0 Å². The van der Waals surface area contributed by atoms with Crippen LogP contribution in [-0.4, -0.2) is 36.3 Å². The van der Waals surface area contributed by atoms with E-state index in [9.17, 15) is 9.59 Å². The van der Waals surface area contributed by atoms with E-state index < -0.39 is 0 Å². The summed E-state index contributed by atoms with van der Waals surface area (Å²) in [6.07, 6.45) is 0.917. The lowest BCUT2D eigenvalue weighted by Gasteiger charge is -2.25. The first-order valence-electron chi connectivity index (χ1n) is 6.27. The van der Waals surface area contributed by atoms with E-state index >= 15 is 0 Å². The van der Waals surface area contributed by atoms with Gasteiger partial charge in [-0.3, -0.25) is 9.59 Å². The zero-order valence-corrected chi connectivity index (χ0v) is 11.4. The summed E-state index contributed by atoms with van der Waals surface area (Å²) in [5.41, 5.74) is 0.939. The first-order valence-corrected chi connectivity index (χ1v) is 6.64. The lowest BCUT2D eigenvalue weighted by Crippen LogP contribution is -2.40. The molecule has 0 radical (unpaired) electrons. The Balaban J connectivity index is 1.73. The van der Waals surface area contributed by atoms with Crippen LogP contribution >= 0.6 is 11.6 Å². The van der Waals surface area contributed by atoms with Gasteiger partial charge in [0.05, 0.1) is 6.61 Å². The van der Waals surface area contributed by atoms with Crippen LogP contribution in [0.2, 0.25) is 5.02 Å². The number of hydrogen-bond acceptors (Lipinski definition) is 3. The van der Waals surface area contributed by atoms with Crippen LogP contribution in [0.5, 0.6) is 0 Å². The molecule has 1 aromatic carbocycles. The summed E-state index contributed by atoms with van der Waals surface area (Å²) in [7, 11) is 0. The highest BCUT2D eigenvalue weighted by atomic mass is 35.5. The van der Waals surface area contributed by atoms with Gasteiger partial charge in [-0.25, -0.2) is 0 Å². The lowest BCUT2D eigenvalue weighted by molar-refractivity contribution is -0.139. The van der Waals surface area contributed by atoms with Gasteiger partial charge in [-0.1, -0.05) is 23.7 Å². The van der Waals surface area contributed by atoms with E-state index in [0.717, 1.165) is 5.56 Å². The number of carbonyl (C=O) groups is 2. The molecule has 0 N–H and O–H groups in total. The number of likely N-dealkylation sites (tertiary alicyclic amines) is 1. The van der Waals surface area contributed by atoms with Crippen LogP contribution in [-0.2, 0) is 20.9 Å². The first kappa shape index (κ1) is 14.0. The molecule has 0 atom stereocenters. The third-order valence-corrected chi connectivity index (χ3v) is 3.29. The van der Waals surface area contributed by atoms with Gasteiger partial charge in [0, 0.05) is 31.0 Å². The number of piperidine rings is 1. The minimum Gasteiger partial charge on any atom is -0.367 e. The number of benzene rings is 1. The molecule has 0 saturated carbocycles. The van der Waals surface area contributed by atoms with Gasteiger partial charge in [0.2, 0.25) is 5.91 Å². The molecule has 1 amide bonds. The Bertz CT molecular complexity index is 466. The van der Waals surface area contributed by atoms with E-state index in [2.05, 4.69) is 0 Å². The summed E-state index contributed by atoms with van der Waals surface area (Å²) < 4.78 is 5.38. The van der Waals surface area contributed by atoms with Crippen molar-refractivity contribution in [3.63, 3.8) is 0 Å². The van der Waals surface area contributed by atoms with Crippen molar-refractivity contribution in [3.05, 3.63) is 34.9 Å². The number of nitrogens with zero attached hydrogens (tertiary/aromatic N) is 1. The van der Waals surface area contributed by atoms with E-state index in [1.54, 1.807) is 11.0 Å². The van der Waals surface area contributed by atoms with E-state index in [4.69, 9.17) is 16.3 Å². The number of rotatable bonds is 4. The Morgan fingerprint density at radius 3 is 2.74 bits per heavy atom. The zero-order chi connectivity index (χ0) is 13.7. The summed E-state index contributed by atoms with van der Waals surface area (Å²) in [6.45, 7) is 1.43. The number of amides is 1.